The Morgan fingerprint density at radius 3 is 1.67 bits per heavy atom. The highest BCUT2D eigenvalue weighted by atomic mass is 16.6. The Bertz CT molecular complexity index is 278. The summed E-state index contributed by atoms with van der Waals surface area (Å²) in [5.74, 6) is 0. The Balaban J connectivity index is 1.85. The molecule has 0 aromatic heterocycles. The van der Waals surface area contributed by atoms with E-state index in [9.17, 15) is 10.2 Å². The van der Waals surface area contributed by atoms with E-state index < -0.39 is 0 Å². The van der Waals surface area contributed by atoms with Crippen LogP contribution in [0, 0.1) is 10.8 Å². The average Bonchev–Trinajstić information content (AvgIpc) is 3.27. The highest BCUT2D eigenvalue weighted by molar-refractivity contribution is 5.04. The fraction of sp³-hybridized carbons (Fsp3) is 1.00. The van der Waals surface area contributed by atoms with Crippen molar-refractivity contribution in [2.75, 3.05) is 26.4 Å². The second-order valence-corrected chi connectivity index (χ2v) is 6.40. The van der Waals surface area contributed by atoms with Gasteiger partial charge in [-0.1, -0.05) is 12.8 Å². The SMILES string of the molecule is OCC1(CO)CCCCC1(CC1CO1)CC1CO1. The molecule has 2 unspecified atom stereocenters. The highest BCUT2D eigenvalue weighted by Gasteiger charge is 2.55. The molecule has 2 saturated heterocycles. The number of epoxide rings is 2. The van der Waals surface area contributed by atoms with E-state index >= 15 is 0 Å². The summed E-state index contributed by atoms with van der Waals surface area (Å²) in [6, 6.07) is 0. The molecule has 0 amide bonds. The molecule has 104 valence electrons. The maximum absolute atomic E-state index is 9.90. The van der Waals surface area contributed by atoms with E-state index in [1.54, 1.807) is 0 Å². The number of aliphatic hydroxyl groups is 2. The molecule has 0 radical (unpaired) electrons. The van der Waals surface area contributed by atoms with Crippen LogP contribution in [0.1, 0.15) is 38.5 Å². The Morgan fingerprint density at radius 2 is 1.28 bits per heavy atom. The van der Waals surface area contributed by atoms with Crippen LogP contribution in [-0.4, -0.2) is 48.8 Å². The molecule has 2 N–H and O–H groups in total. The molecule has 2 atom stereocenters. The number of aliphatic hydroxyl groups excluding tert-OH is 2. The molecule has 4 nitrogen and oxygen atoms in total. The fourth-order valence-corrected chi connectivity index (χ4v) is 3.96. The molecule has 4 heteroatoms. The van der Waals surface area contributed by atoms with Gasteiger partial charge in [-0.05, 0) is 31.1 Å². The van der Waals surface area contributed by atoms with Crippen LogP contribution in [0.5, 0.6) is 0 Å². The van der Waals surface area contributed by atoms with Gasteiger partial charge < -0.3 is 19.7 Å². The number of hydrogen-bond donors (Lipinski definition) is 2. The average molecular weight is 256 g/mol. The molecule has 1 aliphatic carbocycles. The van der Waals surface area contributed by atoms with E-state index in [1.165, 1.54) is 6.42 Å². The van der Waals surface area contributed by atoms with Gasteiger partial charge >= 0.3 is 0 Å². The third-order valence-corrected chi connectivity index (χ3v) is 5.33. The first-order chi connectivity index (χ1) is 8.74. The minimum absolute atomic E-state index is 0.0110. The van der Waals surface area contributed by atoms with Gasteiger partial charge in [0.25, 0.3) is 0 Å². The summed E-state index contributed by atoms with van der Waals surface area (Å²) in [6.45, 7) is 1.87. The summed E-state index contributed by atoms with van der Waals surface area (Å²) in [5, 5.41) is 19.8. The summed E-state index contributed by atoms with van der Waals surface area (Å²) in [6.07, 6.45) is 6.98. The normalized spacial score (nSPS) is 41.7. The van der Waals surface area contributed by atoms with E-state index in [1.807, 2.05) is 0 Å². The number of rotatable bonds is 6. The van der Waals surface area contributed by atoms with Gasteiger partial charge in [0.15, 0.2) is 0 Å². The van der Waals surface area contributed by atoms with Gasteiger partial charge in [-0.3, -0.25) is 0 Å². The first kappa shape index (κ1) is 12.9. The molecular formula is C14H24O4. The van der Waals surface area contributed by atoms with Crippen LogP contribution < -0.4 is 0 Å². The van der Waals surface area contributed by atoms with Crippen molar-refractivity contribution < 1.29 is 19.7 Å². The van der Waals surface area contributed by atoms with Crippen molar-refractivity contribution in [1.29, 1.82) is 0 Å². The zero-order chi connectivity index (χ0) is 12.6. The molecule has 2 heterocycles. The van der Waals surface area contributed by atoms with E-state index in [2.05, 4.69) is 0 Å². The molecular weight excluding hydrogens is 232 g/mol. The molecule has 3 rings (SSSR count). The molecule has 3 aliphatic rings. The van der Waals surface area contributed by atoms with Crippen LogP contribution in [-0.2, 0) is 9.47 Å². The van der Waals surface area contributed by atoms with Crippen LogP contribution in [0.3, 0.4) is 0 Å². The van der Waals surface area contributed by atoms with Gasteiger partial charge in [0.1, 0.15) is 0 Å². The van der Waals surface area contributed by atoms with E-state index in [4.69, 9.17) is 9.47 Å². The zero-order valence-corrected chi connectivity index (χ0v) is 10.9. The molecule has 0 aromatic rings. The smallest absolute Gasteiger partial charge is 0.0815 e. The molecule has 18 heavy (non-hydrogen) atoms. The Morgan fingerprint density at radius 1 is 0.833 bits per heavy atom. The molecule has 0 bridgehead atoms. The first-order valence-electron chi connectivity index (χ1n) is 7.19. The molecule has 0 aromatic carbocycles. The summed E-state index contributed by atoms with van der Waals surface area (Å²) in [4.78, 5) is 0. The minimum Gasteiger partial charge on any atom is -0.396 e. The summed E-state index contributed by atoms with van der Waals surface area (Å²) < 4.78 is 10.8. The lowest BCUT2D eigenvalue weighted by Crippen LogP contribution is -2.51. The Kier molecular flexibility index (Phi) is 3.39. The maximum Gasteiger partial charge on any atom is 0.0815 e. The van der Waals surface area contributed by atoms with Crippen molar-refractivity contribution in [1.82, 2.24) is 0 Å². The molecule has 2 aliphatic heterocycles. The molecule has 1 saturated carbocycles. The van der Waals surface area contributed by atoms with Crippen molar-refractivity contribution in [2.45, 2.75) is 50.7 Å². The Labute approximate surface area is 108 Å². The van der Waals surface area contributed by atoms with Crippen LogP contribution in [0.25, 0.3) is 0 Å². The lowest BCUT2D eigenvalue weighted by atomic mass is 9.53. The second-order valence-electron chi connectivity index (χ2n) is 6.40. The van der Waals surface area contributed by atoms with E-state index in [0.717, 1.165) is 45.3 Å². The minimum atomic E-state index is -0.330. The summed E-state index contributed by atoms with van der Waals surface area (Å²) in [7, 11) is 0. The topological polar surface area (TPSA) is 65.5 Å². The van der Waals surface area contributed by atoms with Crippen molar-refractivity contribution in [2.24, 2.45) is 10.8 Å². The van der Waals surface area contributed by atoms with E-state index in [0.29, 0.717) is 12.2 Å². The van der Waals surface area contributed by atoms with Crippen LogP contribution in [0.4, 0.5) is 0 Å². The lowest BCUT2D eigenvalue weighted by Gasteiger charge is -2.52. The van der Waals surface area contributed by atoms with Gasteiger partial charge in [0.05, 0.1) is 38.6 Å². The summed E-state index contributed by atoms with van der Waals surface area (Å²) in [5.41, 5.74) is -0.319. The number of hydrogen-bond acceptors (Lipinski definition) is 4. The van der Waals surface area contributed by atoms with Crippen molar-refractivity contribution in [3.05, 3.63) is 0 Å². The standard InChI is InChI=1S/C14H24O4/c15-9-14(10-16)4-2-1-3-13(14,5-11-7-17-11)6-12-8-18-12/h11-12,15-16H,1-10H2. The first-order valence-corrected chi connectivity index (χ1v) is 7.19. The highest BCUT2D eigenvalue weighted by Crippen LogP contribution is 2.57. The predicted molar refractivity (Wildman–Crippen MR) is 66.2 cm³/mol. The van der Waals surface area contributed by atoms with Crippen molar-refractivity contribution in [3.8, 4) is 0 Å². The lowest BCUT2D eigenvalue weighted by molar-refractivity contribution is -0.106. The predicted octanol–water partition coefficient (Wildman–Crippen LogP) is 1.10. The quantitative estimate of drug-likeness (QED) is 0.698. The van der Waals surface area contributed by atoms with Gasteiger partial charge in [0, 0.05) is 5.41 Å². The van der Waals surface area contributed by atoms with Crippen LogP contribution in [0.2, 0.25) is 0 Å². The molecule has 3 fully saturated rings. The van der Waals surface area contributed by atoms with Crippen molar-refractivity contribution in [3.63, 3.8) is 0 Å². The van der Waals surface area contributed by atoms with Crippen LogP contribution in [0.15, 0.2) is 0 Å². The fourth-order valence-electron chi connectivity index (χ4n) is 3.96. The monoisotopic (exact) mass is 256 g/mol. The largest absolute Gasteiger partial charge is 0.396 e. The van der Waals surface area contributed by atoms with Gasteiger partial charge in [-0.15, -0.1) is 0 Å². The van der Waals surface area contributed by atoms with Crippen molar-refractivity contribution >= 4 is 0 Å². The second kappa shape index (κ2) is 4.75. The molecule has 0 spiro atoms. The summed E-state index contributed by atoms with van der Waals surface area (Å²) >= 11 is 0. The van der Waals surface area contributed by atoms with Crippen LogP contribution >= 0.6 is 0 Å². The third-order valence-electron chi connectivity index (χ3n) is 5.33. The number of ether oxygens (including phenoxy) is 2. The van der Waals surface area contributed by atoms with Gasteiger partial charge in [-0.25, -0.2) is 0 Å². The maximum atomic E-state index is 9.90. The van der Waals surface area contributed by atoms with Gasteiger partial charge in [0.2, 0.25) is 0 Å². The van der Waals surface area contributed by atoms with E-state index in [-0.39, 0.29) is 24.0 Å². The van der Waals surface area contributed by atoms with Gasteiger partial charge in [-0.2, -0.15) is 0 Å². The Hall–Kier alpha value is -0.160. The zero-order valence-electron chi connectivity index (χ0n) is 10.9. The third kappa shape index (κ3) is 2.20.